The molecule has 0 bridgehead atoms. The summed E-state index contributed by atoms with van der Waals surface area (Å²) in [6.07, 6.45) is 5.00. The Hall–Kier alpha value is -4.83. The van der Waals surface area contributed by atoms with E-state index in [0.717, 1.165) is 52.2 Å². The van der Waals surface area contributed by atoms with Gasteiger partial charge in [-0.2, -0.15) is 5.10 Å². The van der Waals surface area contributed by atoms with Gasteiger partial charge in [0.15, 0.2) is 0 Å². The molecule has 2 aromatic carbocycles. The normalized spacial score (nSPS) is 19.6. The predicted octanol–water partition coefficient (Wildman–Crippen LogP) is 5.20. The van der Waals surface area contributed by atoms with Crippen LogP contribution in [0.15, 0.2) is 72.6 Å². The average molecular weight is 665 g/mol. The molecule has 12 heteroatoms. The van der Waals surface area contributed by atoms with Gasteiger partial charge in [0.1, 0.15) is 28.8 Å². The third-order valence-corrected chi connectivity index (χ3v) is 9.99. The zero-order valence-corrected chi connectivity index (χ0v) is 27.9. The highest BCUT2D eigenvalue weighted by atomic mass is 19.1. The van der Waals surface area contributed by atoms with Crippen LogP contribution in [0, 0.1) is 12.4 Å². The number of hydrogen-bond donors (Lipinski definition) is 1. The summed E-state index contributed by atoms with van der Waals surface area (Å²) in [6, 6.07) is 16.0. The first-order valence-corrected chi connectivity index (χ1v) is 16.8. The highest BCUT2D eigenvalue weighted by Crippen LogP contribution is 2.36. The first-order chi connectivity index (χ1) is 23.7. The number of piperazine rings is 1. The average Bonchev–Trinajstić information content (AvgIpc) is 3.69. The maximum atomic E-state index is 15.7. The highest BCUT2D eigenvalue weighted by molar-refractivity contribution is 6.00. The van der Waals surface area contributed by atoms with Crippen molar-refractivity contribution in [2.75, 3.05) is 51.7 Å². The number of hydrogen-bond acceptors (Lipinski definition) is 8. The molecule has 3 fully saturated rings. The number of rotatable bonds is 9. The maximum Gasteiger partial charge on any atom is 0.252 e. The van der Waals surface area contributed by atoms with Crippen LogP contribution in [0.1, 0.15) is 26.7 Å². The Morgan fingerprint density at radius 3 is 2.57 bits per heavy atom. The molecule has 2 N–H and O–H groups in total. The van der Waals surface area contributed by atoms with Gasteiger partial charge in [-0.25, -0.2) is 14.2 Å². The Labute approximate surface area is 285 Å². The lowest BCUT2D eigenvalue weighted by Crippen LogP contribution is -2.59. The van der Waals surface area contributed by atoms with E-state index in [1.165, 1.54) is 6.07 Å². The van der Waals surface area contributed by atoms with E-state index < -0.39 is 11.4 Å². The van der Waals surface area contributed by atoms with E-state index >= 15 is 4.39 Å². The summed E-state index contributed by atoms with van der Waals surface area (Å²) in [5, 5.41) is 5.39. The predicted molar refractivity (Wildman–Crippen MR) is 185 cm³/mol. The van der Waals surface area contributed by atoms with Gasteiger partial charge in [0.25, 0.3) is 5.91 Å². The number of nitrogens with zero attached hydrogens (tertiary/aromatic N) is 7. The number of pyridine rings is 1. The first-order valence-electron chi connectivity index (χ1n) is 16.8. The van der Waals surface area contributed by atoms with E-state index in [1.54, 1.807) is 46.1 Å². The summed E-state index contributed by atoms with van der Waals surface area (Å²) in [6.45, 7) is 18.2. The Morgan fingerprint density at radius 2 is 1.88 bits per heavy atom. The third kappa shape index (κ3) is 6.62. The van der Waals surface area contributed by atoms with E-state index in [-0.39, 0.29) is 29.0 Å². The minimum absolute atomic E-state index is 0.131. The molecule has 2 aromatic heterocycles. The van der Waals surface area contributed by atoms with Gasteiger partial charge in [-0.3, -0.25) is 19.3 Å². The molecule has 0 unspecified atom stereocenters. The van der Waals surface area contributed by atoms with Crippen molar-refractivity contribution in [1.82, 2.24) is 29.5 Å². The SMILES string of the molecule is [C-]#[N+]C(=CC(C)(C)N1CCN(C2COC2)CC1)C(=O)N1CCC[C@H]1Cn1nc(-c2ccc(Oc3ccccc3)cc2F)c2c(N)nccc21. The quantitative estimate of drug-likeness (QED) is 0.192. The highest BCUT2D eigenvalue weighted by Gasteiger charge is 2.36. The summed E-state index contributed by atoms with van der Waals surface area (Å²) >= 11 is 0. The van der Waals surface area contributed by atoms with Gasteiger partial charge < -0.3 is 20.1 Å². The Bertz CT molecular complexity index is 1910. The lowest BCUT2D eigenvalue weighted by Gasteiger charge is -2.47. The van der Waals surface area contributed by atoms with Crippen molar-refractivity contribution in [1.29, 1.82) is 0 Å². The minimum Gasteiger partial charge on any atom is -0.457 e. The molecule has 3 aliphatic rings. The zero-order valence-electron chi connectivity index (χ0n) is 27.9. The molecular formula is C37H41FN8O3. The monoisotopic (exact) mass is 664 g/mol. The van der Waals surface area contributed by atoms with E-state index in [0.29, 0.717) is 47.2 Å². The fourth-order valence-electron chi connectivity index (χ4n) is 7.16. The zero-order chi connectivity index (χ0) is 34.1. The van der Waals surface area contributed by atoms with Crippen molar-refractivity contribution in [3.05, 3.63) is 89.8 Å². The molecule has 1 atom stereocenters. The second-order valence-electron chi connectivity index (χ2n) is 13.5. The lowest BCUT2D eigenvalue weighted by atomic mass is 9.99. The van der Waals surface area contributed by atoms with Gasteiger partial charge >= 0.3 is 0 Å². The summed E-state index contributed by atoms with van der Waals surface area (Å²) in [5.74, 6) is 0.429. The summed E-state index contributed by atoms with van der Waals surface area (Å²) in [4.78, 5) is 28.6. The summed E-state index contributed by atoms with van der Waals surface area (Å²) in [5.41, 5.74) is 7.36. The molecule has 1 amide bonds. The van der Waals surface area contributed by atoms with E-state index in [4.69, 9.17) is 26.9 Å². The smallest absolute Gasteiger partial charge is 0.252 e. The second kappa shape index (κ2) is 13.6. The fourth-order valence-corrected chi connectivity index (χ4v) is 7.16. The number of halogens is 1. The van der Waals surface area contributed by atoms with Crippen LogP contribution in [0.4, 0.5) is 10.2 Å². The van der Waals surface area contributed by atoms with Crippen LogP contribution in [0.5, 0.6) is 11.5 Å². The number of nitrogen functional groups attached to an aromatic ring is 1. The van der Waals surface area contributed by atoms with Crippen molar-refractivity contribution in [3.63, 3.8) is 0 Å². The Kier molecular flexibility index (Phi) is 9.07. The summed E-state index contributed by atoms with van der Waals surface area (Å²) in [7, 11) is 0. The van der Waals surface area contributed by atoms with Gasteiger partial charge in [-0.1, -0.05) is 24.3 Å². The molecule has 0 saturated carbocycles. The molecule has 0 spiro atoms. The van der Waals surface area contributed by atoms with E-state index in [1.807, 2.05) is 24.3 Å². The van der Waals surface area contributed by atoms with Gasteiger partial charge in [-0.05, 0) is 57.0 Å². The number of para-hydroxylation sites is 1. The number of likely N-dealkylation sites (tertiary alicyclic amines) is 1. The van der Waals surface area contributed by atoms with Crippen LogP contribution in [-0.2, 0) is 16.1 Å². The molecule has 254 valence electrons. The van der Waals surface area contributed by atoms with Crippen LogP contribution >= 0.6 is 0 Å². The number of carbonyl (C=O) groups excluding carboxylic acids is 1. The largest absolute Gasteiger partial charge is 0.457 e. The number of ether oxygens (including phenoxy) is 2. The number of benzene rings is 2. The fraction of sp³-hybridized carbons (Fsp3) is 0.405. The molecule has 3 aliphatic heterocycles. The topological polar surface area (TPSA) is 106 Å². The van der Waals surface area contributed by atoms with Crippen LogP contribution < -0.4 is 10.5 Å². The lowest BCUT2D eigenvalue weighted by molar-refractivity contribution is -0.127. The molecule has 3 saturated heterocycles. The van der Waals surface area contributed by atoms with Gasteiger partial charge in [0, 0.05) is 56.1 Å². The van der Waals surface area contributed by atoms with Crippen molar-refractivity contribution in [3.8, 4) is 22.8 Å². The molecule has 4 aromatic rings. The molecule has 7 rings (SSSR count). The number of aromatic nitrogens is 3. The van der Waals surface area contributed by atoms with Crippen molar-refractivity contribution in [2.24, 2.45) is 0 Å². The molecule has 0 aliphatic carbocycles. The second-order valence-corrected chi connectivity index (χ2v) is 13.5. The maximum absolute atomic E-state index is 15.7. The van der Waals surface area contributed by atoms with Crippen molar-refractivity contribution in [2.45, 2.75) is 50.9 Å². The standard InChI is InChI=1S/C37H41FN8O3/c1-37(2,44-18-16-43(17-19-44)26-23-48-24-26)21-31(40-3)36(47)45-15-7-8-25(45)22-46-32-13-14-41-35(39)33(32)34(42-46)29-12-11-28(20-30(29)38)49-27-9-5-4-6-10-27/h4-6,9-14,20-21,25-26H,7-8,15-19,22-24H2,1-2H3,(H2,39,41)/t25-/m0/s1. The molecule has 5 heterocycles. The van der Waals surface area contributed by atoms with Crippen LogP contribution in [0.3, 0.4) is 0 Å². The Balaban J connectivity index is 1.11. The van der Waals surface area contributed by atoms with Crippen molar-refractivity contribution >= 4 is 22.6 Å². The first kappa shape index (κ1) is 32.7. The molecule has 49 heavy (non-hydrogen) atoms. The third-order valence-electron chi connectivity index (χ3n) is 9.99. The minimum atomic E-state index is -0.506. The van der Waals surface area contributed by atoms with Gasteiger partial charge in [-0.15, -0.1) is 0 Å². The van der Waals surface area contributed by atoms with Crippen LogP contribution in [-0.4, -0.2) is 98.9 Å². The van der Waals surface area contributed by atoms with Crippen LogP contribution in [0.25, 0.3) is 27.0 Å². The summed E-state index contributed by atoms with van der Waals surface area (Å²) < 4.78 is 28.6. The Morgan fingerprint density at radius 1 is 1.10 bits per heavy atom. The van der Waals surface area contributed by atoms with Gasteiger partial charge in [0.2, 0.25) is 5.70 Å². The number of anilines is 1. The number of carbonyl (C=O) groups is 1. The van der Waals surface area contributed by atoms with E-state index in [2.05, 4.69) is 33.5 Å². The van der Waals surface area contributed by atoms with E-state index in [9.17, 15) is 4.79 Å². The molecular weight excluding hydrogens is 623 g/mol. The molecule has 11 nitrogen and oxygen atoms in total. The molecule has 0 radical (unpaired) electrons. The van der Waals surface area contributed by atoms with Crippen molar-refractivity contribution < 1.29 is 18.7 Å². The van der Waals surface area contributed by atoms with Gasteiger partial charge in [0.05, 0.1) is 49.3 Å². The van der Waals surface area contributed by atoms with Crippen LogP contribution in [0.2, 0.25) is 0 Å². The number of nitrogens with two attached hydrogens (primary N) is 1. The number of amides is 1. The number of fused-ring (bicyclic) bond motifs is 1.